The van der Waals surface area contributed by atoms with E-state index >= 15 is 0 Å². The molecule has 0 N–H and O–H groups in total. The molecule has 0 aromatic heterocycles. The molecule has 0 saturated heterocycles. The number of benzene rings is 3. The highest BCUT2D eigenvalue weighted by atomic mass is 79.9. The second kappa shape index (κ2) is 14.7. The van der Waals surface area contributed by atoms with E-state index in [9.17, 15) is 9.59 Å². The molecule has 0 fully saturated rings. The molecular formula is C22H17AlBr2Cl4O2. The summed E-state index contributed by atoms with van der Waals surface area (Å²) < 4.78 is 1.87. The molecule has 0 atom stereocenters. The van der Waals surface area contributed by atoms with Crippen LogP contribution in [0.1, 0.15) is 37.4 Å². The summed E-state index contributed by atoms with van der Waals surface area (Å²) in [5, 5.41) is -0.425. The van der Waals surface area contributed by atoms with E-state index in [1.165, 1.54) is 0 Å². The van der Waals surface area contributed by atoms with Gasteiger partial charge < -0.3 is 0 Å². The SMILES string of the molecule is Cc1ccc(C(=O)Cl)cc1Br.Cc1ccc(C(=O)c2ccccc2)cc1Br.[Cl][Al]([Cl])[Cl]. The van der Waals surface area contributed by atoms with Gasteiger partial charge in [-0.15, -0.1) is 0 Å². The van der Waals surface area contributed by atoms with Crippen LogP contribution in [0.15, 0.2) is 75.7 Å². The van der Waals surface area contributed by atoms with Crippen molar-refractivity contribution in [2.24, 2.45) is 0 Å². The summed E-state index contributed by atoms with van der Waals surface area (Å²) in [6, 6.07) is 20.2. The van der Waals surface area contributed by atoms with Crippen molar-refractivity contribution in [2.45, 2.75) is 13.8 Å². The smallest absolute Gasteiger partial charge is 0.289 e. The molecule has 162 valence electrons. The van der Waals surface area contributed by atoms with Crippen LogP contribution in [0.2, 0.25) is 0 Å². The molecule has 0 radical (unpaired) electrons. The third-order valence-corrected chi connectivity index (χ3v) is 5.80. The van der Waals surface area contributed by atoms with E-state index in [1.807, 2.05) is 68.4 Å². The number of carbonyl (C=O) groups excluding carboxylic acids is 2. The van der Waals surface area contributed by atoms with E-state index in [0.717, 1.165) is 25.6 Å². The Hall–Kier alpha value is -0.348. The normalized spacial score (nSPS) is 9.55. The van der Waals surface area contributed by atoms with Gasteiger partial charge in [0.25, 0.3) is 5.24 Å². The molecular weight excluding hydrogens is 625 g/mol. The Morgan fingerprint density at radius 1 is 0.710 bits per heavy atom. The largest absolute Gasteiger partial charge is 0.643 e. The summed E-state index contributed by atoms with van der Waals surface area (Å²) in [7, 11) is 14.8. The summed E-state index contributed by atoms with van der Waals surface area (Å²) >= 11 is 10.3. The van der Waals surface area contributed by atoms with Gasteiger partial charge in [0.1, 0.15) is 0 Å². The Kier molecular flexibility index (Phi) is 13.6. The van der Waals surface area contributed by atoms with Crippen molar-refractivity contribution in [2.75, 3.05) is 0 Å². The zero-order chi connectivity index (χ0) is 23.6. The van der Waals surface area contributed by atoms with Crippen molar-refractivity contribution < 1.29 is 9.59 Å². The van der Waals surface area contributed by atoms with Gasteiger partial charge in [-0.1, -0.05) is 80.4 Å². The summed E-state index contributed by atoms with van der Waals surface area (Å²) in [4.78, 5) is 22.7. The quantitative estimate of drug-likeness (QED) is 0.163. The molecule has 0 saturated carbocycles. The number of aryl methyl sites for hydroxylation is 2. The van der Waals surface area contributed by atoms with Crippen molar-refractivity contribution in [3.8, 4) is 0 Å². The molecule has 2 nitrogen and oxygen atoms in total. The first-order chi connectivity index (χ1) is 14.5. The highest BCUT2D eigenvalue weighted by Crippen LogP contribution is 2.20. The molecule has 9 heteroatoms. The van der Waals surface area contributed by atoms with E-state index in [-0.39, 0.29) is 5.78 Å². The molecule has 0 aliphatic rings. The van der Waals surface area contributed by atoms with Gasteiger partial charge in [-0.2, -0.15) is 0 Å². The van der Waals surface area contributed by atoms with E-state index in [0.29, 0.717) is 11.1 Å². The molecule has 0 heterocycles. The van der Waals surface area contributed by atoms with Gasteiger partial charge in [-0.3, -0.25) is 9.59 Å². The highest BCUT2D eigenvalue weighted by molar-refractivity contribution is 9.10. The summed E-state index contributed by atoms with van der Waals surface area (Å²) in [5.74, 6) is 0.0568. The fraction of sp³-hybridized carbons (Fsp3) is 0.0909. The molecule has 3 aromatic carbocycles. The van der Waals surface area contributed by atoms with Crippen molar-refractivity contribution in [1.29, 1.82) is 0 Å². The molecule has 0 amide bonds. The van der Waals surface area contributed by atoms with Gasteiger partial charge in [0.15, 0.2) is 5.78 Å². The standard InChI is InChI=1S/C14H11BrO.C8H6BrClO.Al.3ClH/c1-10-7-8-12(9-13(10)15)14(16)11-5-3-2-4-6-11;1-5-2-3-6(8(10)11)4-7(5)9;;;;/h2-9H,1H3;2-4H,1H3;;3*1H/q;;+3;;;/p-3. The first kappa shape index (κ1) is 28.7. The van der Waals surface area contributed by atoms with Gasteiger partial charge >= 0.3 is 11.4 Å². The first-order valence-electron chi connectivity index (χ1n) is 8.77. The van der Waals surface area contributed by atoms with Crippen LogP contribution in [-0.2, 0) is 0 Å². The lowest BCUT2D eigenvalue weighted by Gasteiger charge is -2.03. The first-order valence-corrected chi connectivity index (χ1v) is 16.0. The van der Waals surface area contributed by atoms with Crippen LogP contribution in [0.5, 0.6) is 0 Å². The van der Waals surface area contributed by atoms with Crippen molar-refractivity contribution in [3.63, 3.8) is 0 Å². The Labute approximate surface area is 221 Å². The number of rotatable bonds is 3. The third kappa shape index (κ3) is 10.9. The number of carbonyl (C=O) groups is 2. The molecule has 0 aliphatic carbocycles. The van der Waals surface area contributed by atoms with E-state index < -0.39 is 16.6 Å². The average Bonchev–Trinajstić information content (AvgIpc) is 2.72. The third-order valence-electron chi connectivity index (χ3n) is 3.87. The van der Waals surface area contributed by atoms with Crippen LogP contribution >= 0.6 is 73.6 Å². The van der Waals surface area contributed by atoms with E-state index in [2.05, 4.69) is 31.9 Å². The lowest BCUT2D eigenvalue weighted by molar-refractivity contribution is 0.103. The molecule has 3 rings (SSSR count). The van der Waals surface area contributed by atoms with Crippen molar-refractivity contribution in [1.82, 2.24) is 0 Å². The van der Waals surface area contributed by atoms with Gasteiger partial charge in [0.05, 0.1) is 0 Å². The zero-order valence-corrected chi connectivity index (χ0v) is 23.9. The minimum Gasteiger partial charge on any atom is -0.289 e. The lowest BCUT2D eigenvalue weighted by Crippen LogP contribution is -2.00. The fourth-order valence-corrected chi connectivity index (χ4v) is 3.08. The second-order valence-electron chi connectivity index (χ2n) is 6.14. The van der Waals surface area contributed by atoms with E-state index in [1.54, 1.807) is 12.1 Å². The number of halogens is 6. The summed E-state index contributed by atoms with van der Waals surface area (Å²) in [5.41, 5.74) is 4.17. The highest BCUT2D eigenvalue weighted by Gasteiger charge is 2.09. The molecule has 0 aliphatic heterocycles. The second-order valence-corrected chi connectivity index (χ2v) is 14.6. The maximum absolute atomic E-state index is 12.1. The van der Waals surface area contributed by atoms with Crippen LogP contribution in [0, 0.1) is 13.8 Å². The van der Waals surface area contributed by atoms with Gasteiger partial charge in [0.2, 0.25) is 0 Å². The maximum atomic E-state index is 12.1. The number of hydrogen-bond acceptors (Lipinski definition) is 2. The van der Waals surface area contributed by atoms with Crippen LogP contribution in [0.25, 0.3) is 0 Å². The average molecular weight is 642 g/mol. The van der Waals surface area contributed by atoms with Crippen molar-refractivity contribution in [3.05, 3.63) is 103 Å². The van der Waals surface area contributed by atoms with Gasteiger partial charge in [0, 0.05) is 25.6 Å². The molecule has 0 bridgehead atoms. The fourth-order valence-electron chi connectivity index (χ4n) is 2.21. The van der Waals surface area contributed by atoms with E-state index in [4.69, 9.17) is 41.7 Å². The van der Waals surface area contributed by atoms with Crippen molar-refractivity contribution >= 4 is 96.0 Å². The summed E-state index contributed by atoms with van der Waals surface area (Å²) in [6.45, 7) is 3.95. The number of hydrogen-bond donors (Lipinski definition) is 0. The molecule has 31 heavy (non-hydrogen) atoms. The van der Waals surface area contributed by atoms with Crippen LogP contribution in [0.4, 0.5) is 0 Å². The minimum atomic E-state index is -1.72. The predicted octanol–water partition coefficient (Wildman–Crippen LogP) is 8.81. The van der Waals surface area contributed by atoms with Gasteiger partial charge in [-0.25, -0.2) is 30.1 Å². The lowest BCUT2D eigenvalue weighted by atomic mass is 10.0. The molecule has 0 unspecified atom stereocenters. The molecule has 3 aromatic rings. The Morgan fingerprint density at radius 3 is 1.55 bits per heavy atom. The predicted molar refractivity (Wildman–Crippen MR) is 141 cm³/mol. The monoisotopic (exact) mass is 638 g/mol. The van der Waals surface area contributed by atoms with Crippen LogP contribution in [-0.4, -0.2) is 22.4 Å². The zero-order valence-electron chi connectivity index (χ0n) is 16.5. The maximum Gasteiger partial charge on any atom is 0.643 e. The Balaban J connectivity index is 0.000000278. The Bertz CT molecular complexity index is 1030. The topological polar surface area (TPSA) is 34.1 Å². The van der Waals surface area contributed by atoms with Crippen LogP contribution in [0.3, 0.4) is 0 Å². The number of ketones is 1. The Morgan fingerprint density at radius 2 is 1.13 bits per heavy atom. The van der Waals surface area contributed by atoms with Gasteiger partial charge in [-0.05, 0) is 54.8 Å². The minimum absolute atomic E-state index is 0.0568. The molecule has 0 spiro atoms. The summed E-state index contributed by atoms with van der Waals surface area (Å²) in [6.07, 6.45) is 0. The van der Waals surface area contributed by atoms with Crippen LogP contribution < -0.4 is 0 Å².